The van der Waals surface area contributed by atoms with Gasteiger partial charge in [0.05, 0.1) is 5.71 Å². The average molecular weight is 485 g/mol. The van der Waals surface area contributed by atoms with Crippen LogP contribution >= 0.6 is 15.9 Å². The van der Waals surface area contributed by atoms with Crippen molar-refractivity contribution >= 4 is 33.5 Å². The van der Waals surface area contributed by atoms with E-state index >= 15 is 0 Å². The molecule has 1 amide bonds. The van der Waals surface area contributed by atoms with E-state index in [1.165, 1.54) is 24.3 Å². The van der Waals surface area contributed by atoms with Crippen LogP contribution in [0.15, 0.2) is 62.5 Å². The second kappa shape index (κ2) is 8.85. The van der Waals surface area contributed by atoms with Crippen LogP contribution in [0.25, 0.3) is 0 Å². The Kier molecular flexibility index (Phi) is 5.99. The molecule has 4 rings (SSSR count). The maximum absolute atomic E-state index is 13.1. The van der Waals surface area contributed by atoms with Crippen molar-refractivity contribution in [1.29, 1.82) is 0 Å². The molecule has 6 nitrogen and oxygen atoms in total. The third kappa shape index (κ3) is 4.59. The Balaban J connectivity index is 1.55. The highest BCUT2D eigenvalue weighted by atomic mass is 79.9. The second-order valence-electron chi connectivity index (χ2n) is 7.06. The number of hydrogen-bond acceptors (Lipinski definition) is 5. The number of hydrogen-bond donors (Lipinski definition) is 1. The lowest BCUT2D eigenvalue weighted by atomic mass is 9.93. The van der Waals surface area contributed by atoms with Gasteiger partial charge in [-0.25, -0.2) is 14.6 Å². The highest BCUT2D eigenvalue weighted by Gasteiger charge is 2.29. The second-order valence-corrected chi connectivity index (χ2v) is 7.97. The average Bonchev–Trinajstić information content (AvgIpc) is 3.11. The number of carbonyl (C=O) groups excluding carboxylic acids is 2. The lowest BCUT2D eigenvalue weighted by Gasteiger charge is -2.13. The number of ether oxygens (including phenoxy) is 1. The van der Waals surface area contributed by atoms with Crippen molar-refractivity contribution in [3.63, 3.8) is 0 Å². The van der Waals surface area contributed by atoms with Crippen LogP contribution in [-0.4, -0.2) is 17.6 Å². The maximum Gasteiger partial charge on any atom is 0.379 e. The number of fused-ring (bicyclic) bond motifs is 1. The van der Waals surface area contributed by atoms with Crippen molar-refractivity contribution in [2.45, 2.75) is 26.2 Å². The molecule has 0 atom stereocenters. The van der Waals surface area contributed by atoms with Crippen molar-refractivity contribution in [3.05, 3.63) is 87.0 Å². The fourth-order valence-corrected chi connectivity index (χ4v) is 3.68. The fourth-order valence-electron chi connectivity index (χ4n) is 3.41. The van der Waals surface area contributed by atoms with Crippen molar-refractivity contribution in [2.24, 2.45) is 5.10 Å². The minimum atomic E-state index is -0.670. The summed E-state index contributed by atoms with van der Waals surface area (Å²) in [5.41, 5.74) is 5.02. The van der Waals surface area contributed by atoms with E-state index in [9.17, 15) is 14.0 Å². The van der Waals surface area contributed by atoms with Crippen LogP contribution in [0.2, 0.25) is 0 Å². The van der Waals surface area contributed by atoms with Gasteiger partial charge in [-0.3, -0.25) is 4.79 Å². The van der Waals surface area contributed by atoms with Crippen molar-refractivity contribution in [3.8, 4) is 5.75 Å². The van der Waals surface area contributed by atoms with Gasteiger partial charge in [0, 0.05) is 27.6 Å². The lowest BCUT2D eigenvalue weighted by molar-refractivity contribution is 0.0698. The summed E-state index contributed by atoms with van der Waals surface area (Å²) in [5, 5.41) is 4.30. The van der Waals surface area contributed by atoms with Gasteiger partial charge in [0.2, 0.25) is 5.76 Å². The Morgan fingerprint density at radius 2 is 1.81 bits per heavy atom. The largest absolute Gasteiger partial charge is 0.453 e. The van der Waals surface area contributed by atoms with Gasteiger partial charge in [0.15, 0.2) is 0 Å². The molecular weight excluding hydrogens is 467 g/mol. The number of carbonyl (C=O) groups is 2. The van der Waals surface area contributed by atoms with Gasteiger partial charge in [0.1, 0.15) is 17.3 Å². The van der Waals surface area contributed by atoms with Crippen molar-refractivity contribution < 1.29 is 23.1 Å². The molecule has 0 bridgehead atoms. The molecule has 3 aromatic rings. The molecule has 0 aliphatic heterocycles. The van der Waals surface area contributed by atoms with Crippen LogP contribution in [-0.2, 0) is 6.42 Å². The molecule has 2 aromatic carbocycles. The Morgan fingerprint density at radius 3 is 2.52 bits per heavy atom. The van der Waals surface area contributed by atoms with Crippen molar-refractivity contribution in [1.82, 2.24) is 5.43 Å². The SMILES string of the molecule is Cc1c(C(=O)Oc2ccc(F)cc2)oc2c1/C(=N/NC(=O)c1ccc(Br)cc1)CCC2. The quantitative estimate of drug-likeness (QED) is 0.314. The number of nitrogens with one attached hydrogen (secondary N) is 1. The maximum atomic E-state index is 13.1. The summed E-state index contributed by atoms with van der Waals surface area (Å²) in [4.78, 5) is 25.0. The van der Waals surface area contributed by atoms with Crippen LogP contribution in [0.5, 0.6) is 5.75 Å². The van der Waals surface area contributed by atoms with Crippen molar-refractivity contribution in [2.75, 3.05) is 0 Å². The molecule has 1 aliphatic carbocycles. The number of benzene rings is 2. The zero-order valence-electron chi connectivity index (χ0n) is 16.6. The number of furan rings is 1. The zero-order valence-corrected chi connectivity index (χ0v) is 18.2. The first-order chi connectivity index (χ1) is 14.9. The summed E-state index contributed by atoms with van der Waals surface area (Å²) in [6.45, 7) is 1.75. The topological polar surface area (TPSA) is 80.9 Å². The predicted octanol–water partition coefficient (Wildman–Crippen LogP) is 5.18. The first kappa shape index (κ1) is 21.0. The number of amides is 1. The standard InChI is InChI=1S/C23H18BrFN2O4/c1-13-20-18(26-27-22(28)14-5-7-15(24)8-6-14)3-2-4-19(20)31-21(13)23(29)30-17-11-9-16(25)10-12-17/h5-12H,2-4H2,1H3,(H,27,28)/b26-18+. The van der Waals surface area contributed by atoms with Crippen LogP contribution in [0, 0.1) is 12.7 Å². The molecule has 1 heterocycles. The summed E-state index contributed by atoms with van der Waals surface area (Å²) in [6, 6.07) is 12.1. The number of halogens is 2. The fraction of sp³-hybridized carbons (Fsp3) is 0.174. The highest BCUT2D eigenvalue weighted by molar-refractivity contribution is 9.10. The molecule has 0 fully saturated rings. The molecule has 0 saturated carbocycles. The number of nitrogens with zero attached hydrogens (tertiary/aromatic N) is 1. The van der Waals surface area contributed by atoms with Crippen LogP contribution in [0.1, 0.15) is 50.6 Å². The summed E-state index contributed by atoms with van der Waals surface area (Å²) in [5.74, 6) is -0.498. The molecule has 0 unspecified atom stereocenters. The number of esters is 1. The molecule has 1 aromatic heterocycles. The Labute approximate surface area is 186 Å². The first-order valence-corrected chi connectivity index (χ1v) is 10.4. The molecule has 31 heavy (non-hydrogen) atoms. The number of rotatable bonds is 4. The van der Waals surface area contributed by atoms with Gasteiger partial charge in [-0.05, 0) is 68.3 Å². The number of hydrazone groups is 1. The van der Waals surface area contributed by atoms with E-state index in [0.717, 1.165) is 10.9 Å². The van der Waals surface area contributed by atoms with E-state index in [0.29, 0.717) is 41.0 Å². The molecule has 1 N–H and O–H groups in total. The van der Waals surface area contributed by atoms with E-state index < -0.39 is 11.8 Å². The highest BCUT2D eigenvalue weighted by Crippen LogP contribution is 2.30. The monoisotopic (exact) mass is 484 g/mol. The third-order valence-electron chi connectivity index (χ3n) is 4.93. The van der Waals surface area contributed by atoms with E-state index in [4.69, 9.17) is 9.15 Å². The Hall–Kier alpha value is -3.26. The predicted molar refractivity (Wildman–Crippen MR) is 116 cm³/mol. The Bertz CT molecular complexity index is 1170. The number of aryl methyl sites for hydroxylation is 1. The minimum Gasteiger partial charge on any atom is -0.453 e. The lowest BCUT2D eigenvalue weighted by Crippen LogP contribution is -2.22. The molecule has 0 saturated heterocycles. The molecular formula is C23H18BrFN2O4. The summed E-state index contributed by atoms with van der Waals surface area (Å²) >= 11 is 3.34. The van der Waals surface area contributed by atoms with Gasteiger partial charge in [-0.15, -0.1) is 0 Å². The Morgan fingerprint density at radius 1 is 1.10 bits per heavy atom. The summed E-state index contributed by atoms with van der Waals surface area (Å²) in [7, 11) is 0. The van der Waals surface area contributed by atoms with E-state index in [2.05, 4.69) is 26.5 Å². The van der Waals surface area contributed by atoms with Crippen LogP contribution in [0.4, 0.5) is 4.39 Å². The molecule has 0 spiro atoms. The van der Waals surface area contributed by atoms with Crippen LogP contribution in [0.3, 0.4) is 0 Å². The van der Waals surface area contributed by atoms with E-state index in [1.54, 1.807) is 31.2 Å². The van der Waals surface area contributed by atoms with Gasteiger partial charge in [-0.2, -0.15) is 5.10 Å². The summed E-state index contributed by atoms with van der Waals surface area (Å²) in [6.07, 6.45) is 2.07. The molecule has 1 aliphatic rings. The third-order valence-corrected chi connectivity index (χ3v) is 5.46. The van der Waals surface area contributed by atoms with Gasteiger partial charge in [0.25, 0.3) is 5.91 Å². The van der Waals surface area contributed by atoms with Gasteiger partial charge < -0.3 is 9.15 Å². The molecule has 158 valence electrons. The van der Waals surface area contributed by atoms with E-state index in [1.807, 2.05) is 0 Å². The first-order valence-electron chi connectivity index (χ1n) is 9.65. The van der Waals surface area contributed by atoms with Gasteiger partial charge in [-0.1, -0.05) is 15.9 Å². The minimum absolute atomic E-state index is 0.0724. The van der Waals surface area contributed by atoms with E-state index in [-0.39, 0.29) is 17.4 Å². The van der Waals surface area contributed by atoms with Crippen LogP contribution < -0.4 is 10.2 Å². The van der Waals surface area contributed by atoms with Gasteiger partial charge >= 0.3 is 5.97 Å². The molecule has 0 radical (unpaired) electrons. The normalized spacial score (nSPS) is 14.2. The molecule has 8 heteroatoms. The smallest absolute Gasteiger partial charge is 0.379 e. The zero-order chi connectivity index (χ0) is 22.0. The summed E-state index contributed by atoms with van der Waals surface area (Å²) < 4.78 is 25.0.